The highest BCUT2D eigenvalue weighted by Gasteiger charge is 2.03. The summed E-state index contributed by atoms with van der Waals surface area (Å²) in [6.45, 7) is 0. The fourth-order valence-corrected chi connectivity index (χ4v) is 2.59. The predicted octanol–water partition coefficient (Wildman–Crippen LogP) is 3.30. The first-order valence-corrected chi connectivity index (χ1v) is 6.06. The highest BCUT2D eigenvalue weighted by Crippen LogP contribution is 2.29. The van der Waals surface area contributed by atoms with Gasteiger partial charge in [-0.2, -0.15) is 0 Å². The van der Waals surface area contributed by atoms with Crippen LogP contribution in [0.4, 0.5) is 0 Å². The number of thioether (sulfide) groups is 1. The highest BCUT2D eigenvalue weighted by atomic mass is 79.9. The quantitative estimate of drug-likeness (QED) is 0.609. The molecule has 0 aliphatic heterocycles. The summed E-state index contributed by atoms with van der Waals surface area (Å²) in [7, 11) is 0. The average molecular weight is 259 g/mol. The molecular weight excluding hydrogens is 248 g/mol. The molecule has 13 heavy (non-hydrogen) atoms. The lowest BCUT2D eigenvalue weighted by molar-refractivity contribution is -0.107. The molecule has 1 rings (SSSR count). The number of aldehydes is 1. The van der Waals surface area contributed by atoms with Crippen LogP contribution >= 0.6 is 27.7 Å². The van der Waals surface area contributed by atoms with Gasteiger partial charge < -0.3 is 4.79 Å². The van der Waals surface area contributed by atoms with Gasteiger partial charge in [-0.1, -0.05) is 12.1 Å². The maximum absolute atomic E-state index is 10.2. The Balaban J connectivity index is 2.87. The molecule has 0 saturated carbocycles. The number of hydrogen-bond acceptors (Lipinski definition) is 2. The molecule has 70 valence electrons. The monoisotopic (exact) mass is 258 g/mol. The Hall–Kier alpha value is -0.280. The van der Waals surface area contributed by atoms with Gasteiger partial charge in [0.1, 0.15) is 6.29 Å². The molecule has 0 amide bonds. The number of carbonyl (C=O) groups is 1. The molecule has 0 spiro atoms. The lowest BCUT2D eigenvalue weighted by atomic mass is 10.1. The van der Waals surface area contributed by atoms with Crippen LogP contribution in [0.15, 0.2) is 27.6 Å². The zero-order chi connectivity index (χ0) is 9.68. The van der Waals surface area contributed by atoms with Crippen LogP contribution in [0, 0.1) is 0 Å². The van der Waals surface area contributed by atoms with E-state index in [1.165, 1.54) is 10.5 Å². The number of carbonyl (C=O) groups excluding carboxylic acids is 1. The van der Waals surface area contributed by atoms with E-state index in [9.17, 15) is 4.79 Å². The van der Waals surface area contributed by atoms with Crippen molar-refractivity contribution < 1.29 is 4.79 Å². The van der Waals surface area contributed by atoms with Crippen molar-refractivity contribution in [1.29, 1.82) is 0 Å². The molecule has 1 aromatic rings. The fourth-order valence-electron chi connectivity index (χ4n) is 1.12. The number of halogens is 1. The van der Waals surface area contributed by atoms with Gasteiger partial charge in [-0.3, -0.25) is 0 Å². The van der Waals surface area contributed by atoms with E-state index in [4.69, 9.17) is 0 Å². The number of aryl methyl sites for hydroxylation is 1. The Morgan fingerprint density at radius 1 is 1.54 bits per heavy atom. The molecule has 0 saturated heterocycles. The largest absolute Gasteiger partial charge is 0.303 e. The van der Waals surface area contributed by atoms with E-state index in [1.807, 2.05) is 18.4 Å². The number of benzene rings is 1. The Morgan fingerprint density at radius 2 is 2.31 bits per heavy atom. The van der Waals surface area contributed by atoms with Gasteiger partial charge in [0.05, 0.1) is 0 Å². The molecule has 0 radical (unpaired) electrons. The average Bonchev–Trinajstić information content (AvgIpc) is 2.16. The maximum Gasteiger partial charge on any atom is 0.120 e. The van der Waals surface area contributed by atoms with Gasteiger partial charge in [0, 0.05) is 15.8 Å². The molecule has 1 aromatic carbocycles. The Kier molecular flexibility index (Phi) is 4.53. The molecule has 0 N–H and O–H groups in total. The summed E-state index contributed by atoms with van der Waals surface area (Å²) in [5.41, 5.74) is 1.21. The molecule has 3 heteroatoms. The number of rotatable bonds is 4. The first-order valence-electron chi connectivity index (χ1n) is 4.04. The SMILES string of the molecule is CSc1cccc(CCC=O)c1Br. The van der Waals surface area contributed by atoms with Gasteiger partial charge in [0.15, 0.2) is 0 Å². The van der Waals surface area contributed by atoms with Crippen molar-refractivity contribution in [3.8, 4) is 0 Å². The standard InChI is InChI=1S/C10H11BrOS/c1-13-9-6-2-4-8(10(9)11)5-3-7-12/h2,4,6-7H,3,5H2,1H3. The van der Waals surface area contributed by atoms with Crippen molar-refractivity contribution in [3.05, 3.63) is 28.2 Å². The topological polar surface area (TPSA) is 17.1 Å². The summed E-state index contributed by atoms with van der Waals surface area (Å²) >= 11 is 5.24. The van der Waals surface area contributed by atoms with Gasteiger partial charge in [0.25, 0.3) is 0 Å². The summed E-state index contributed by atoms with van der Waals surface area (Å²) in [4.78, 5) is 11.4. The second-order valence-electron chi connectivity index (χ2n) is 2.64. The molecule has 0 bridgehead atoms. The van der Waals surface area contributed by atoms with Crippen LogP contribution in [0.25, 0.3) is 0 Å². The van der Waals surface area contributed by atoms with Gasteiger partial charge in [-0.15, -0.1) is 11.8 Å². The van der Waals surface area contributed by atoms with E-state index in [2.05, 4.69) is 22.0 Å². The van der Waals surface area contributed by atoms with E-state index < -0.39 is 0 Å². The van der Waals surface area contributed by atoms with Crippen molar-refractivity contribution in [2.75, 3.05) is 6.26 Å². The van der Waals surface area contributed by atoms with Crippen molar-refractivity contribution in [1.82, 2.24) is 0 Å². The van der Waals surface area contributed by atoms with E-state index >= 15 is 0 Å². The van der Waals surface area contributed by atoms with E-state index in [-0.39, 0.29) is 0 Å². The molecule has 0 aliphatic carbocycles. The predicted molar refractivity (Wildman–Crippen MR) is 60.3 cm³/mol. The summed E-state index contributed by atoms with van der Waals surface area (Å²) in [5, 5.41) is 0. The lowest BCUT2D eigenvalue weighted by Crippen LogP contribution is -1.89. The Morgan fingerprint density at radius 3 is 2.92 bits per heavy atom. The van der Waals surface area contributed by atoms with E-state index in [1.54, 1.807) is 11.8 Å². The Bertz CT molecular complexity index is 299. The van der Waals surface area contributed by atoms with Crippen LogP contribution in [0.5, 0.6) is 0 Å². The normalized spacial score (nSPS) is 10.0. The zero-order valence-electron chi connectivity index (χ0n) is 7.42. The maximum atomic E-state index is 10.2. The first kappa shape index (κ1) is 10.8. The van der Waals surface area contributed by atoms with Crippen LogP contribution in [0.1, 0.15) is 12.0 Å². The molecule has 1 nitrogen and oxygen atoms in total. The fraction of sp³-hybridized carbons (Fsp3) is 0.300. The van der Waals surface area contributed by atoms with Crippen LogP contribution in [0.2, 0.25) is 0 Å². The van der Waals surface area contributed by atoms with Gasteiger partial charge in [0.2, 0.25) is 0 Å². The van der Waals surface area contributed by atoms with Gasteiger partial charge in [-0.05, 0) is 40.2 Å². The van der Waals surface area contributed by atoms with E-state index in [0.29, 0.717) is 6.42 Å². The summed E-state index contributed by atoms with van der Waals surface area (Å²) in [6, 6.07) is 6.14. The van der Waals surface area contributed by atoms with Gasteiger partial charge in [-0.25, -0.2) is 0 Å². The van der Waals surface area contributed by atoms with Gasteiger partial charge >= 0.3 is 0 Å². The summed E-state index contributed by atoms with van der Waals surface area (Å²) in [6.07, 6.45) is 4.41. The van der Waals surface area contributed by atoms with Crippen LogP contribution < -0.4 is 0 Å². The summed E-state index contributed by atoms with van der Waals surface area (Å²) < 4.78 is 1.13. The Labute approximate surface area is 91.0 Å². The molecular formula is C10H11BrOS. The molecule has 0 aromatic heterocycles. The molecule has 0 aliphatic rings. The van der Waals surface area contributed by atoms with Crippen molar-refractivity contribution in [2.45, 2.75) is 17.7 Å². The minimum Gasteiger partial charge on any atom is -0.303 e. The minimum absolute atomic E-state index is 0.594. The number of hydrogen-bond donors (Lipinski definition) is 0. The third kappa shape index (κ3) is 2.85. The summed E-state index contributed by atoms with van der Waals surface area (Å²) in [5.74, 6) is 0. The van der Waals surface area contributed by atoms with Crippen molar-refractivity contribution >= 4 is 34.0 Å². The lowest BCUT2D eigenvalue weighted by Gasteiger charge is -2.05. The second-order valence-corrected chi connectivity index (χ2v) is 4.28. The molecule has 0 atom stereocenters. The third-order valence-electron chi connectivity index (χ3n) is 1.79. The van der Waals surface area contributed by atoms with E-state index in [0.717, 1.165) is 17.2 Å². The molecule has 0 unspecified atom stereocenters. The highest BCUT2D eigenvalue weighted by molar-refractivity contribution is 9.10. The van der Waals surface area contributed by atoms with Crippen LogP contribution in [-0.2, 0) is 11.2 Å². The molecule has 0 fully saturated rings. The van der Waals surface area contributed by atoms with Crippen molar-refractivity contribution in [2.24, 2.45) is 0 Å². The first-order chi connectivity index (χ1) is 6.29. The minimum atomic E-state index is 0.594. The smallest absolute Gasteiger partial charge is 0.120 e. The van der Waals surface area contributed by atoms with Crippen molar-refractivity contribution in [3.63, 3.8) is 0 Å². The second kappa shape index (κ2) is 5.45. The van der Waals surface area contributed by atoms with Crippen LogP contribution in [0.3, 0.4) is 0 Å². The molecule has 0 heterocycles. The third-order valence-corrected chi connectivity index (χ3v) is 3.77. The zero-order valence-corrected chi connectivity index (χ0v) is 9.82. The van der Waals surface area contributed by atoms with Crippen LogP contribution in [-0.4, -0.2) is 12.5 Å².